The monoisotopic (exact) mass is 470 g/mol. The predicted octanol–water partition coefficient (Wildman–Crippen LogP) is -0.0403. The normalized spacial score (nSPS) is 15.4. The number of fused-ring (bicyclic) bond motifs is 1. The molecule has 4 amide bonds. The molecule has 4 rings (SSSR count). The number of hydrogen-bond acceptors (Lipinski definition) is 8. The van der Waals surface area contributed by atoms with Crippen molar-refractivity contribution in [1.82, 2.24) is 15.2 Å². The number of hydrogen-bond donors (Lipinski definition) is 3. The Labute approximate surface area is 192 Å². The molecular formula is C22H22N4O8. The van der Waals surface area contributed by atoms with E-state index in [2.05, 4.69) is 0 Å². The van der Waals surface area contributed by atoms with E-state index < -0.39 is 35.1 Å². The third-order valence-electron chi connectivity index (χ3n) is 6.03. The number of urea groups is 1. The van der Waals surface area contributed by atoms with Gasteiger partial charge < -0.3 is 19.5 Å². The molecular weight excluding hydrogens is 448 g/mol. The highest BCUT2D eigenvalue weighted by molar-refractivity contribution is 6.16. The van der Waals surface area contributed by atoms with Crippen molar-refractivity contribution >= 4 is 28.8 Å². The summed E-state index contributed by atoms with van der Waals surface area (Å²) >= 11 is 0. The molecule has 0 saturated carbocycles. The van der Waals surface area contributed by atoms with Crippen molar-refractivity contribution in [2.45, 2.75) is 26.3 Å². The zero-order chi connectivity index (χ0) is 24.7. The number of carbonyl (C=O) groups excluding carboxylic acids is 3. The number of carbonyl (C=O) groups is 3. The summed E-state index contributed by atoms with van der Waals surface area (Å²) in [5.41, 5.74) is 0.229. The van der Waals surface area contributed by atoms with Crippen LogP contribution >= 0.6 is 0 Å². The van der Waals surface area contributed by atoms with Crippen molar-refractivity contribution in [2.24, 2.45) is 5.92 Å². The van der Waals surface area contributed by atoms with E-state index in [1.165, 1.54) is 30.7 Å². The molecule has 0 aliphatic carbocycles. The molecule has 12 nitrogen and oxygen atoms in total. The summed E-state index contributed by atoms with van der Waals surface area (Å²) < 4.78 is 12.8. The lowest BCUT2D eigenvalue weighted by atomic mass is 9.83. The summed E-state index contributed by atoms with van der Waals surface area (Å²) in [5.74, 6) is -4.77. The van der Waals surface area contributed by atoms with E-state index in [9.17, 15) is 29.5 Å². The van der Waals surface area contributed by atoms with Crippen molar-refractivity contribution < 1.29 is 33.4 Å². The van der Waals surface area contributed by atoms with Gasteiger partial charge in [-0.15, -0.1) is 0 Å². The third kappa shape index (κ3) is 3.57. The molecule has 1 aliphatic heterocycles. The fraction of sp³-hybridized carbons (Fsp3) is 0.318. The van der Waals surface area contributed by atoms with Crippen LogP contribution in [0.2, 0.25) is 0 Å². The van der Waals surface area contributed by atoms with Gasteiger partial charge in [0.25, 0.3) is 5.82 Å². The molecule has 1 aromatic carbocycles. The lowest BCUT2D eigenvalue weighted by Gasteiger charge is -2.27. The van der Waals surface area contributed by atoms with Crippen LogP contribution < -0.4 is 25.5 Å². The van der Waals surface area contributed by atoms with Crippen molar-refractivity contribution in [2.75, 3.05) is 13.7 Å². The average Bonchev–Trinajstić information content (AvgIpc) is 3.00. The Balaban J connectivity index is 2.05. The van der Waals surface area contributed by atoms with E-state index in [1.807, 2.05) is 10.6 Å². The van der Waals surface area contributed by atoms with Crippen molar-refractivity contribution in [1.29, 1.82) is 0 Å². The molecule has 1 saturated heterocycles. The minimum Gasteiger partial charge on any atom is -0.711 e. The lowest BCUT2D eigenvalue weighted by Crippen LogP contribution is -2.58. The SMILES string of the molecule is COc1ccc2occ([C@H](c3n(CCO)c(C)c(C)[n+]3[O-])C3C(=O)NC(=O)NC3=O)c(=O)c2c1. The van der Waals surface area contributed by atoms with Gasteiger partial charge in [0.2, 0.25) is 11.8 Å². The summed E-state index contributed by atoms with van der Waals surface area (Å²) in [6, 6.07) is 3.57. The maximum atomic E-state index is 13.6. The Morgan fingerprint density at radius 3 is 2.50 bits per heavy atom. The van der Waals surface area contributed by atoms with Gasteiger partial charge in [0.1, 0.15) is 41.1 Å². The molecule has 12 heteroatoms. The number of rotatable bonds is 6. The minimum absolute atomic E-state index is 0.0324. The van der Waals surface area contributed by atoms with Gasteiger partial charge in [-0.2, -0.15) is 0 Å². The Hall–Kier alpha value is -4.19. The molecule has 1 aliphatic rings. The standard InChI is InChI=1S/C22H22N4O8/c1-10-11(2)26(32)21(25(10)6-7-27)16(17-19(29)23-22(31)24-20(17)30)14-9-34-15-5-4-12(33-3)8-13(15)18(14)28/h4-5,8-9,16-17,27H,6-7H2,1-3H3,(H2,23,24,29,30,31)/t16-/m0/s1. The Morgan fingerprint density at radius 2 is 1.88 bits per heavy atom. The highest BCUT2D eigenvalue weighted by Crippen LogP contribution is 2.33. The molecule has 0 bridgehead atoms. The van der Waals surface area contributed by atoms with Crippen LogP contribution in [0.5, 0.6) is 5.75 Å². The highest BCUT2D eigenvalue weighted by atomic mass is 16.5. The molecule has 0 unspecified atom stereocenters. The fourth-order valence-corrected chi connectivity index (χ4v) is 4.24. The van der Waals surface area contributed by atoms with Crippen LogP contribution in [0.1, 0.15) is 28.7 Å². The van der Waals surface area contributed by atoms with Crippen molar-refractivity contribution in [3.63, 3.8) is 0 Å². The average molecular weight is 470 g/mol. The minimum atomic E-state index is -1.64. The van der Waals surface area contributed by atoms with Gasteiger partial charge in [-0.3, -0.25) is 25.0 Å². The first-order chi connectivity index (χ1) is 16.2. The Kier molecular flexibility index (Phi) is 5.83. The number of nitrogens with zero attached hydrogens (tertiary/aromatic N) is 2. The molecule has 2 aromatic heterocycles. The molecule has 0 spiro atoms. The largest absolute Gasteiger partial charge is 0.711 e. The number of aliphatic hydroxyl groups is 1. The second-order valence-corrected chi connectivity index (χ2v) is 7.84. The molecule has 3 aromatic rings. The number of amides is 4. The van der Waals surface area contributed by atoms with E-state index in [1.54, 1.807) is 13.0 Å². The smallest absolute Gasteiger partial charge is 0.328 e. The topological polar surface area (TPSA) is 167 Å². The van der Waals surface area contributed by atoms with Crippen molar-refractivity contribution in [3.05, 3.63) is 62.7 Å². The third-order valence-corrected chi connectivity index (χ3v) is 6.03. The molecule has 1 fully saturated rings. The number of methoxy groups -OCH3 is 1. The molecule has 3 N–H and O–H groups in total. The van der Waals surface area contributed by atoms with E-state index >= 15 is 0 Å². The quantitative estimate of drug-likeness (QED) is 0.256. The van der Waals surface area contributed by atoms with E-state index in [0.717, 1.165) is 6.26 Å². The first kappa shape index (κ1) is 23.0. The van der Waals surface area contributed by atoms with Gasteiger partial charge in [0, 0.05) is 13.8 Å². The van der Waals surface area contributed by atoms with E-state index in [-0.39, 0.29) is 41.2 Å². The first-order valence-corrected chi connectivity index (χ1v) is 10.3. The van der Waals surface area contributed by atoms with Gasteiger partial charge in [-0.05, 0) is 18.2 Å². The fourth-order valence-electron chi connectivity index (χ4n) is 4.24. The summed E-state index contributed by atoms with van der Waals surface area (Å²) in [4.78, 5) is 50.9. The number of benzene rings is 1. The van der Waals surface area contributed by atoms with Crippen LogP contribution in [0.3, 0.4) is 0 Å². The van der Waals surface area contributed by atoms with E-state index in [4.69, 9.17) is 9.15 Å². The second-order valence-electron chi connectivity index (χ2n) is 7.84. The van der Waals surface area contributed by atoms with Gasteiger partial charge in [0.05, 0.1) is 30.9 Å². The highest BCUT2D eigenvalue weighted by Gasteiger charge is 2.48. The lowest BCUT2D eigenvalue weighted by molar-refractivity contribution is -0.621. The van der Waals surface area contributed by atoms with Crippen LogP contribution in [0.25, 0.3) is 11.0 Å². The molecule has 0 radical (unpaired) electrons. The predicted molar refractivity (Wildman–Crippen MR) is 116 cm³/mol. The number of imide groups is 2. The van der Waals surface area contributed by atoms with Crippen molar-refractivity contribution in [3.8, 4) is 5.75 Å². The van der Waals surface area contributed by atoms with Crippen LogP contribution in [0.4, 0.5) is 4.79 Å². The molecule has 3 heterocycles. The van der Waals surface area contributed by atoms with Crippen LogP contribution in [0, 0.1) is 25.0 Å². The number of barbiturate groups is 1. The zero-order valence-electron chi connectivity index (χ0n) is 18.6. The van der Waals surface area contributed by atoms with Crippen LogP contribution in [0.15, 0.2) is 33.7 Å². The van der Waals surface area contributed by atoms with E-state index in [0.29, 0.717) is 16.2 Å². The molecule has 178 valence electrons. The number of imidazole rings is 1. The molecule has 1 atom stereocenters. The maximum Gasteiger partial charge on any atom is 0.328 e. The first-order valence-electron chi connectivity index (χ1n) is 10.3. The van der Waals surface area contributed by atoms with Gasteiger partial charge in [-0.1, -0.05) is 0 Å². The number of aromatic nitrogens is 2. The van der Waals surface area contributed by atoms with Gasteiger partial charge >= 0.3 is 6.03 Å². The van der Waals surface area contributed by atoms with Gasteiger partial charge in [0.15, 0.2) is 5.43 Å². The second kappa shape index (κ2) is 8.63. The zero-order valence-corrected chi connectivity index (χ0v) is 18.6. The number of nitrogens with one attached hydrogen (secondary N) is 2. The Morgan fingerprint density at radius 1 is 1.21 bits per heavy atom. The van der Waals surface area contributed by atoms with Gasteiger partial charge in [-0.25, -0.2) is 14.1 Å². The van der Waals surface area contributed by atoms with Crippen LogP contribution in [-0.2, 0) is 16.1 Å². The van der Waals surface area contributed by atoms with Crippen LogP contribution in [-0.4, -0.2) is 41.2 Å². The summed E-state index contributed by atoms with van der Waals surface area (Å²) in [6.07, 6.45) is 1.10. The molecule has 34 heavy (non-hydrogen) atoms. The number of aliphatic hydroxyl groups excluding tert-OH is 1. The summed E-state index contributed by atoms with van der Waals surface area (Å²) in [6.45, 7) is 2.79. The summed E-state index contributed by atoms with van der Waals surface area (Å²) in [5, 5.41) is 27.0. The maximum absolute atomic E-state index is 13.6. The Bertz CT molecular complexity index is 1370. The number of ether oxygens (including phenoxy) is 1. The summed E-state index contributed by atoms with van der Waals surface area (Å²) in [7, 11) is 1.43.